The molecule has 0 spiro atoms. The predicted octanol–water partition coefficient (Wildman–Crippen LogP) is 2.84. The molecule has 1 aliphatic rings. The largest absolute Gasteiger partial charge is 0.379 e. The number of methoxy groups -OCH3 is 1. The van der Waals surface area contributed by atoms with E-state index in [1.807, 2.05) is 12.4 Å². The normalized spacial score (nSPS) is 19.3. The van der Waals surface area contributed by atoms with E-state index in [4.69, 9.17) is 4.74 Å². The van der Waals surface area contributed by atoms with Gasteiger partial charge in [-0.25, -0.2) is 0 Å². The monoisotopic (exact) mass is 305 g/mol. The molecule has 1 unspecified atom stereocenters. The van der Waals surface area contributed by atoms with Gasteiger partial charge in [-0.05, 0) is 70.8 Å². The number of likely N-dealkylation sites (tertiary alicyclic amines) is 1. The summed E-state index contributed by atoms with van der Waals surface area (Å²) in [7, 11) is 1.80. The fourth-order valence-corrected chi connectivity index (χ4v) is 3.29. The van der Waals surface area contributed by atoms with Crippen molar-refractivity contribution in [1.82, 2.24) is 15.2 Å². The Bertz CT molecular complexity index is 427. The minimum Gasteiger partial charge on any atom is -0.379 e. The first-order valence-electron chi connectivity index (χ1n) is 8.41. The molecule has 0 aromatic carbocycles. The Hall–Kier alpha value is -0.970. The zero-order chi connectivity index (χ0) is 16.0. The van der Waals surface area contributed by atoms with E-state index in [-0.39, 0.29) is 5.60 Å². The first-order valence-corrected chi connectivity index (χ1v) is 8.41. The van der Waals surface area contributed by atoms with Gasteiger partial charge in [-0.2, -0.15) is 0 Å². The highest BCUT2D eigenvalue weighted by Gasteiger charge is 2.24. The SMILES string of the molecule is COC(C)(C)CC(C)NC1CCN(Cc2ccncc2)CC1. The van der Waals surface area contributed by atoms with Gasteiger partial charge in [0.25, 0.3) is 0 Å². The van der Waals surface area contributed by atoms with Crippen molar-refractivity contribution in [2.45, 2.75) is 64.3 Å². The van der Waals surface area contributed by atoms with E-state index in [9.17, 15) is 0 Å². The number of hydrogen-bond donors (Lipinski definition) is 1. The summed E-state index contributed by atoms with van der Waals surface area (Å²) >= 11 is 0. The van der Waals surface area contributed by atoms with Gasteiger partial charge in [-0.15, -0.1) is 0 Å². The zero-order valence-corrected chi connectivity index (χ0v) is 14.5. The Labute approximate surface area is 135 Å². The van der Waals surface area contributed by atoms with E-state index >= 15 is 0 Å². The van der Waals surface area contributed by atoms with E-state index in [2.05, 4.69) is 48.1 Å². The predicted molar refractivity (Wildman–Crippen MR) is 90.8 cm³/mol. The van der Waals surface area contributed by atoms with Gasteiger partial charge in [0.05, 0.1) is 5.60 Å². The smallest absolute Gasteiger partial charge is 0.0637 e. The van der Waals surface area contributed by atoms with Gasteiger partial charge in [-0.3, -0.25) is 9.88 Å². The van der Waals surface area contributed by atoms with Gasteiger partial charge in [-0.1, -0.05) is 0 Å². The molecule has 4 nitrogen and oxygen atoms in total. The van der Waals surface area contributed by atoms with Crippen molar-refractivity contribution in [3.8, 4) is 0 Å². The topological polar surface area (TPSA) is 37.4 Å². The molecule has 0 saturated carbocycles. The highest BCUT2D eigenvalue weighted by atomic mass is 16.5. The van der Waals surface area contributed by atoms with Crippen molar-refractivity contribution in [3.05, 3.63) is 30.1 Å². The van der Waals surface area contributed by atoms with E-state index in [0.717, 1.165) is 13.0 Å². The van der Waals surface area contributed by atoms with Crippen LogP contribution in [0.3, 0.4) is 0 Å². The average molecular weight is 305 g/mol. The third-order valence-corrected chi connectivity index (χ3v) is 4.61. The van der Waals surface area contributed by atoms with Crippen LogP contribution in [0.15, 0.2) is 24.5 Å². The van der Waals surface area contributed by atoms with E-state index in [1.165, 1.54) is 31.5 Å². The van der Waals surface area contributed by atoms with Crippen LogP contribution in [-0.4, -0.2) is 47.8 Å². The molecule has 0 amide bonds. The number of hydrogen-bond acceptors (Lipinski definition) is 4. The number of piperidine rings is 1. The van der Waals surface area contributed by atoms with Crippen LogP contribution in [0.1, 0.15) is 45.6 Å². The number of pyridine rings is 1. The first-order chi connectivity index (χ1) is 10.5. The van der Waals surface area contributed by atoms with Crippen molar-refractivity contribution in [2.24, 2.45) is 0 Å². The van der Waals surface area contributed by atoms with E-state index < -0.39 is 0 Å². The van der Waals surface area contributed by atoms with Gasteiger partial charge >= 0.3 is 0 Å². The molecule has 1 N–H and O–H groups in total. The molecule has 1 saturated heterocycles. The van der Waals surface area contributed by atoms with Crippen molar-refractivity contribution >= 4 is 0 Å². The molecule has 22 heavy (non-hydrogen) atoms. The van der Waals surface area contributed by atoms with Crippen LogP contribution < -0.4 is 5.32 Å². The molecule has 124 valence electrons. The standard InChI is InChI=1S/C18H31N3O/c1-15(13-18(2,3)22-4)20-17-7-11-21(12-8-17)14-16-5-9-19-10-6-16/h5-6,9-10,15,17,20H,7-8,11-14H2,1-4H3. The Morgan fingerprint density at radius 2 is 1.95 bits per heavy atom. The van der Waals surface area contributed by atoms with Gasteiger partial charge in [0.2, 0.25) is 0 Å². The minimum absolute atomic E-state index is 0.0472. The minimum atomic E-state index is -0.0472. The van der Waals surface area contributed by atoms with Crippen molar-refractivity contribution < 1.29 is 4.74 Å². The zero-order valence-electron chi connectivity index (χ0n) is 14.5. The Morgan fingerprint density at radius 3 is 2.55 bits per heavy atom. The van der Waals surface area contributed by atoms with Crippen LogP contribution in [0.5, 0.6) is 0 Å². The number of ether oxygens (including phenoxy) is 1. The lowest BCUT2D eigenvalue weighted by atomic mass is 9.97. The number of aromatic nitrogens is 1. The van der Waals surface area contributed by atoms with E-state index in [1.54, 1.807) is 7.11 Å². The second-order valence-electron chi connectivity index (χ2n) is 7.14. The molecule has 2 rings (SSSR count). The maximum atomic E-state index is 5.53. The molecule has 0 radical (unpaired) electrons. The van der Waals surface area contributed by atoms with E-state index in [0.29, 0.717) is 12.1 Å². The van der Waals surface area contributed by atoms with Crippen LogP contribution in [0.2, 0.25) is 0 Å². The fourth-order valence-electron chi connectivity index (χ4n) is 3.29. The summed E-state index contributed by atoms with van der Waals surface area (Å²) in [5.41, 5.74) is 1.31. The quantitative estimate of drug-likeness (QED) is 0.840. The van der Waals surface area contributed by atoms with Crippen LogP contribution in [-0.2, 0) is 11.3 Å². The number of nitrogens with zero attached hydrogens (tertiary/aromatic N) is 2. The Balaban J connectivity index is 1.71. The summed E-state index contributed by atoms with van der Waals surface area (Å²) in [6.45, 7) is 9.96. The second-order valence-corrected chi connectivity index (χ2v) is 7.14. The number of nitrogens with one attached hydrogen (secondary N) is 1. The fraction of sp³-hybridized carbons (Fsp3) is 0.722. The van der Waals surface area contributed by atoms with Gasteiger partial charge in [0, 0.05) is 38.1 Å². The lowest BCUT2D eigenvalue weighted by molar-refractivity contribution is 0.00686. The lowest BCUT2D eigenvalue weighted by Gasteiger charge is -2.35. The summed E-state index contributed by atoms with van der Waals surface area (Å²) in [4.78, 5) is 6.62. The lowest BCUT2D eigenvalue weighted by Crippen LogP contribution is -2.47. The summed E-state index contributed by atoms with van der Waals surface area (Å²) in [5.74, 6) is 0. The van der Waals surface area contributed by atoms with Crippen LogP contribution >= 0.6 is 0 Å². The Morgan fingerprint density at radius 1 is 1.32 bits per heavy atom. The summed E-state index contributed by atoms with van der Waals surface area (Å²) in [6, 6.07) is 5.35. The molecule has 0 aliphatic carbocycles. The van der Waals surface area contributed by atoms with Gasteiger partial charge in [0.15, 0.2) is 0 Å². The molecule has 1 aromatic heterocycles. The molecule has 1 atom stereocenters. The summed E-state index contributed by atoms with van der Waals surface area (Å²) in [6.07, 6.45) is 7.25. The third kappa shape index (κ3) is 5.67. The van der Waals surface area contributed by atoms with Crippen molar-refractivity contribution in [1.29, 1.82) is 0 Å². The molecule has 1 fully saturated rings. The van der Waals surface area contributed by atoms with Crippen LogP contribution in [0, 0.1) is 0 Å². The molecule has 4 heteroatoms. The molecular weight excluding hydrogens is 274 g/mol. The third-order valence-electron chi connectivity index (χ3n) is 4.61. The van der Waals surface area contributed by atoms with Crippen molar-refractivity contribution in [2.75, 3.05) is 20.2 Å². The average Bonchev–Trinajstić information content (AvgIpc) is 2.50. The maximum absolute atomic E-state index is 5.53. The summed E-state index contributed by atoms with van der Waals surface area (Å²) in [5, 5.41) is 3.78. The van der Waals surface area contributed by atoms with Crippen LogP contribution in [0.25, 0.3) is 0 Å². The van der Waals surface area contributed by atoms with Gasteiger partial charge in [0.1, 0.15) is 0 Å². The maximum Gasteiger partial charge on any atom is 0.0637 e. The molecule has 0 bridgehead atoms. The molecular formula is C18H31N3O. The molecule has 1 aliphatic heterocycles. The number of rotatable bonds is 7. The highest BCUT2D eigenvalue weighted by Crippen LogP contribution is 2.18. The molecule has 2 heterocycles. The van der Waals surface area contributed by atoms with Crippen molar-refractivity contribution in [3.63, 3.8) is 0 Å². The second kappa shape index (κ2) is 8.04. The first kappa shape index (κ1) is 17.4. The van der Waals surface area contributed by atoms with Crippen LogP contribution in [0.4, 0.5) is 0 Å². The molecule has 1 aromatic rings. The van der Waals surface area contributed by atoms with Gasteiger partial charge < -0.3 is 10.1 Å². The summed E-state index contributed by atoms with van der Waals surface area (Å²) < 4.78 is 5.53. The highest BCUT2D eigenvalue weighted by molar-refractivity contribution is 5.09. The Kier molecular flexibility index (Phi) is 6.36.